The molecule has 0 saturated heterocycles. The van der Waals surface area contributed by atoms with E-state index in [0.29, 0.717) is 17.4 Å². The topological polar surface area (TPSA) is 26.3 Å². The first kappa shape index (κ1) is 17.4. The van der Waals surface area contributed by atoms with Gasteiger partial charge in [0.25, 0.3) is 0 Å². The number of hydrogen-bond acceptors (Lipinski definition) is 2. The van der Waals surface area contributed by atoms with E-state index in [1.165, 1.54) is 0 Å². The molecule has 122 valence electrons. The molecule has 1 atom stereocenters. The molecule has 0 N–H and O–H groups in total. The minimum Gasteiger partial charge on any atom is -0.362 e. The molecule has 0 fully saturated rings. The number of ether oxygens (including phenoxy) is 1. The lowest BCUT2D eigenvalue weighted by Crippen LogP contribution is -2.31. The van der Waals surface area contributed by atoms with Gasteiger partial charge < -0.3 is 4.74 Å². The van der Waals surface area contributed by atoms with Gasteiger partial charge in [-0.2, -0.15) is 0 Å². The molecule has 2 heteroatoms. The molecule has 0 aliphatic rings. The zero-order chi connectivity index (χ0) is 16.8. The van der Waals surface area contributed by atoms with Crippen LogP contribution in [0.15, 0.2) is 60.7 Å². The maximum atomic E-state index is 13.0. The van der Waals surface area contributed by atoms with Crippen LogP contribution in [0.1, 0.15) is 49.7 Å². The monoisotopic (exact) mass is 310 g/mol. The number of rotatable bonds is 7. The zero-order valence-electron chi connectivity index (χ0n) is 14.4. The van der Waals surface area contributed by atoms with Crippen LogP contribution in [-0.2, 0) is 4.74 Å². The fourth-order valence-corrected chi connectivity index (χ4v) is 2.91. The highest BCUT2D eigenvalue weighted by molar-refractivity contribution is 6.00. The Bertz CT molecular complexity index is 594. The minimum atomic E-state index is -0.562. The molecule has 2 nitrogen and oxygen atoms in total. The lowest BCUT2D eigenvalue weighted by molar-refractivity contribution is -0.0476. The van der Waals surface area contributed by atoms with E-state index < -0.39 is 6.10 Å². The van der Waals surface area contributed by atoms with Crippen molar-refractivity contribution in [3.8, 4) is 0 Å². The lowest BCUT2D eigenvalue weighted by Gasteiger charge is -2.30. The van der Waals surface area contributed by atoms with E-state index in [0.717, 1.165) is 5.56 Å². The van der Waals surface area contributed by atoms with Gasteiger partial charge in [-0.3, -0.25) is 4.79 Å². The van der Waals surface area contributed by atoms with Gasteiger partial charge in [0.1, 0.15) is 6.10 Å². The fourth-order valence-electron chi connectivity index (χ4n) is 2.91. The highest BCUT2D eigenvalue weighted by atomic mass is 16.5. The summed E-state index contributed by atoms with van der Waals surface area (Å²) in [6, 6.07) is 19.2. The van der Waals surface area contributed by atoms with Crippen molar-refractivity contribution in [2.75, 3.05) is 0 Å². The summed E-state index contributed by atoms with van der Waals surface area (Å²) in [5.41, 5.74) is 1.60. The average Bonchev–Trinajstić information content (AvgIpc) is 2.56. The van der Waals surface area contributed by atoms with Gasteiger partial charge in [0.15, 0.2) is 5.78 Å². The molecule has 0 aliphatic heterocycles. The van der Waals surface area contributed by atoms with Crippen LogP contribution in [0.25, 0.3) is 0 Å². The first-order valence-electron chi connectivity index (χ1n) is 8.30. The van der Waals surface area contributed by atoms with Gasteiger partial charge in [-0.05, 0) is 17.4 Å². The van der Waals surface area contributed by atoms with Gasteiger partial charge in [-0.15, -0.1) is 0 Å². The SMILES string of the molecule is CC(C)C(OC(C(=O)c1ccccc1)c1ccccc1)C(C)C. The van der Waals surface area contributed by atoms with Gasteiger partial charge in [-0.1, -0.05) is 88.4 Å². The smallest absolute Gasteiger partial charge is 0.196 e. The van der Waals surface area contributed by atoms with Gasteiger partial charge >= 0.3 is 0 Å². The summed E-state index contributed by atoms with van der Waals surface area (Å²) in [6.07, 6.45) is -0.527. The summed E-state index contributed by atoms with van der Waals surface area (Å²) < 4.78 is 6.33. The van der Waals surface area contributed by atoms with Crippen molar-refractivity contribution in [2.45, 2.75) is 39.9 Å². The summed E-state index contributed by atoms with van der Waals surface area (Å²) in [6.45, 7) is 8.55. The van der Waals surface area contributed by atoms with Crippen LogP contribution in [0.5, 0.6) is 0 Å². The van der Waals surface area contributed by atoms with Crippen molar-refractivity contribution in [1.82, 2.24) is 0 Å². The standard InChI is InChI=1S/C21H26O2/c1-15(2)20(16(3)4)23-21(18-13-9-6-10-14-18)19(22)17-11-7-5-8-12-17/h5-16,20-21H,1-4H3. The van der Waals surface area contributed by atoms with Crippen molar-refractivity contribution in [3.63, 3.8) is 0 Å². The second-order valence-corrected chi connectivity index (χ2v) is 6.61. The van der Waals surface area contributed by atoms with Gasteiger partial charge in [0, 0.05) is 5.56 Å². The Morgan fingerprint density at radius 2 is 1.26 bits per heavy atom. The van der Waals surface area contributed by atoms with E-state index in [2.05, 4.69) is 27.7 Å². The molecule has 0 aliphatic carbocycles. The molecule has 0 saturated carbocycles. The number of benzene rings is 2. The lowest BCUT2D eigenvalue weighted by atomic mass is 9.94. The Labute approximate surface area is 139 Å². The molecule has 0 aromatic heterocycles. The molecule has 0 radical (unpaired) electrons. The van der Waals surface area contributed by atoms with Crippen LogP contribution < -0.4 is 0 Å². The Morgan fingerprint density at radius 3 is 1.74 bits per heavy atom. The van der Waals surface area contributed by atoms with E-state index in [9.17, 15) is 4.79 Å². The second-order valence-electron chi connectivity index (χ2n) is 6.61. The van der Waals surface area contributed by atoms with E-state index in [4.69, 9.17) is 4.74 Å². The molecular weight excluding hydrogens is 284 g/mol. The highest BCUT2D eigenvalue weighted by Crippen LogP contribution is 2.28. The molecule has 2 aromatic carbocycles. The van der Waals surface area contributed by atoms with Crippen LogP contribution in [0, 0.1) is 11.8 Å². The predicted octanol–water partition coefficient (Wildman–Crippen LogP) is 5.31. The molecule has 2 rings (SSSR count). The van der Waals surface area contributed by atoms with Crippen molar-refractivity contribution in [2.24, 2.45) is 11.8 Å². The normalized spacial score (nSPS) is 12.8. The number of carbonyl (C=O) groups excluding carboxylic acids is 1. The van der Waals surface area contributed by atoms with E-state index >= 15 is 0 Å². The third-order valence-electron chi connectivity index (χ3n) is 4.01. The minimum absolute atomic E-state index is 0.0168. The summed E-state index contributed by atoms with van der Waals surface area (Å²) in [5, 5.41) is 0. The maximum absolute atomic E-state index is 13.0. The molecule has 0 amide bonds. The fraction of sp³-hybridized carbons (Fsp3) is 0.381. The zero-order valence-corrected chi connectivity index (χ0v) is 14.4. The number of Topliss-reactive ketones (excluding diaryl/α,β-unsaturated/α-hetero) is 1. The summed E-state index contributed by atoms with van der Waals surface area (Å²) >= 11 is 0. The molecule has 0 heterocycles. The predicted molar refractivity (Wildman–Crippen MR) is 94.5 cm³/mol. The molecule has 1 unspecified atom stereocenters. The van der Waals surface area contributed by atoms with Gasteiger partial charge in [0.2, 0.25) is 0 Å². The Kier molecular flexibility index (Phi) is 6.12. The Hall–Kier alpha value is -1.93. The van der Waals surface area contributed by atoms with Crippen LogP contribution in [0.2, 0.25) is 0 Å². The van der Waals surface area contributed by atoms with Crippen molar-refractivity contribution >= 4 is 5.78 Å². The van der Waals surface area contributed by atoms with Crippen molar-refractivity contribution in [1.29, 1.82) is 0 Å². The van der Waals surface area contributed by atoms with Crippen molar-refractivity contribution < 1.29 is 9.53 Å². The van der Waals surface area contributed by atoms with E-state index in [-0.39, 0.29) is 11.9 Å². The first-order chi connectivity index (χ1) is 11.0. The van der Waals surface area contributed by atoms with E-state index in [1.807, 2.05) is 60.7 Å². The number of ketones is 1. The average molecular weight is 310 g/mol. The third kappa shape index (κ3) is 4.52. The van der Waals surface area contributed by atoms with Crippen molar-refractivity contribution in [3.05, 3.63) is 71.8 Å². The van der Waals surface area contributed by atoms with Crippen LogP contribution in [0.3, 0.4) is 0 Å². The molecular formula is C21H26O2. The quantitative estimate of drug-likeness (QED) is 0.648. The summed E-state index contributed by atoms with van der Waals surface area (Å²) in [4.78, 5) is 13.0. The molecule has 2 aromatic rings. The number of hydrogen-bond donors (Lipinski definition) is 0. The second kappa shape index (κ2) is 8.07. The molecule has 0 spiro atoms. The first-order valence-corrected chi connectivity index (χ1v) is 8.30. The Morgan fingerprint density at radius 1 is 0.783 bits per heavy atom. The summed E-state index contributed by atoms with van der Waals surface area (Å²) in [7, 11) is 0. The van der Waals surface area contributed by atoms with Gasteiger partial charge in [0.05, 0.1) is 6.10 Å². The largest absolute Gasteiger partial charge is 0.362 e. The molecule has 0 bridgehead atoms. The van der Waals surface area contributed by atoms with Crippen LogP contribution >= 0.6 is 0 Å². The highest BCUT2D eigenvalue weighted by Gasteiger charge is 2.29. The van der Waals surface area contributed by atoms with Crippen LogP contribution in [0.4, 0.5) is 0 Å². The third-order valence-corrected chi connectivity index (χ3v) is 4.01. The summed E-state index contributed by atoms with van der Waals surface area (Å²) in [5.74, 6) is 0.720. The maximum Gasteiger partial charge on any atom is 0.196 e. The molecule has 23 heavy (non-hydrogen) atoms. The van der Waals surface area contributed by atoms with Gasteiger partial charge in [-0.25, -0.2) is 0 Å². The Balaban J connectivity index is 2.35. The number of carbonyl (C=O) groups is 1. The van der Waals surface area contributed by atoms with Crippen LogP contribution in [-0.4, -0.2) is 11.9 Å². The van der Waals surface area contributed by atoms with E-state index in [1.54, 1.807) is 0 Å².